The molecule has 0 aliphatic rings. The molecule has 0 aliphatic carbocycles. The highest BCUT2D eigenvalue weighted by Gasteiger charge is 2.10. The van der Waals surface area contributed by atoms with Gasteiger partial charge in [0.2, 0.25) is 17.6 Å². The van der Waals surface area contributed by atoms with Gasteiger partial charge in [-0.05, 0) is 29.8 Å². The second-order valence-corrected chi connectivity index (χ2v) is 6.02. The zero-order valence-corrected chi connectivity index (χ0v) is 14.1. The topological polar surface area (TPSA) is 68.0 Å². The summed E-state index contributed by atoms with van der Waals surface area (Å²) >= 11 is 3.39. The molecule has 0 saturated heterocycles. The van der Waals surface area contributed by atoms with Gasteiger partial charge in [0.15, 0.2) is 0 Å². The number of hydrogen-bond donors (Lipinski definition) is 1. The quantitative estimate of drug-likeness (QED) is 0.724. The van der Waals surface area contributed by atoms with Crippen molar-refractivity contribution in [2.75, 3.05) is 0 Å². The fraction of sp³-hybridized carbons (Fsp3) is 0.118. The van der Waals surface area contributed by atoms with Gasteiger partial charge in [-0.1, -0.05) is 45.4 Å². The maximum absolute atomic E-state index is 12.8. The van der Waals surface area contributed by atoms with Gasteiger partial charge in [-0.25, -0.2) is 4.39 Å². The molecule has 5 nitrogen and oxygen atoms in total. The molecule has 24 heavy (non-hydrogen) atoms. The Morgan fingerprint density at radius 2 is 2.00 bits per heavy atom. The number of benzene rings is 2. The lowest BCUT2D eigenvalue weighted by molar-refractivity contribution is -0.120. The SMILES string of the molecule is O=C(Cc1ccc(F)cc1)NCc1nc(-c2cccc(Br)c2)no1. The van der Waals surface area contributed by atoms with Gasteiger partial charge < -0.3 is 9.84 Å². The van der Waals surface area contributed by atoms with Crippen LogP contribution in [0.1, 0.15) is 11.5 Å². The summed E-state index contributed by atoms with van der Waals surface area (Å²) in [5, 5.41) is 6.60. The van der Waals surface area contributed by atoms with E-state index in [0.29, 0.717) is 11.7 Å². The third kappa shape index (κ3) is 4.26. The van der Waals surface area contributed by atoms with E-state index in [1.807, 2.05) is 24.3 Å². The van der Waals surface area contributed by atoms with Crippen LogP contribution in [-0.2, 0) is 17.8 Å². The van der Waals surface area contributed by atoms with Crippen LogP contribution in [0.25, 0.3) is 11.4 Å². The largest absolute Gasteiger partial charge is 0.347 e. The highest BCUT2D eigenvalue weighted by Crippen LogP contribution is 2.20. The molecule has 3 aromatic rings. The molecule has 1 N–H and O–H groups in total. The van der Waals surface area contributed by atoms with E-state index in [0.717, 1.165) is 15.6 Å². The minimum atomic E-state index is -0.329. The highest BCUT2D eigenvalue weighted by molar-refractivity contribution is 9.10. The first-order valence-corrected chi connectivity index (χ1v) is 7.99. The molecule has 0 atom stereocenters. The number of hydrogen-bond acceptors (Lipinski definition) is 4. The van der Waals surface area contributed by atoms with Crippen LogP contribution in [0.2, 0.25) is 0 Å². The van der Waals surface area contributed by atoms with Crippen LogP contribution < -0.4 is 5.32 Å². The van der Waals surface area contributed by atoms with E-state index in [4.69, 9.17) is 4.52 Å². The molecule has 1 aromatic heterocycles. The second kappa shape index (κ2) is 7.35. The summed E-state index contributed by atoms with van der Waals surface area (Å²) in [6.45, 7) is 0.140. The molecule has 7 heteroatoms. The van der Waals surface area contributed by atoms with Crippen LogP contribution in [0.4, 0.5) is 4.39 Å². The van der Waals surface area contributed by atoms with Crippen molar-refractivity contribution in [1.82, 2.24) is 15.5 Å². The Morgan fingerprint density at radius 3 is 2.75 bits per heavy atom. The van der Waals surface area contributed by atoms with Crippen LogP contribution in [0.15, 0.2) is 57.5 Å². The summed E-state index contributed by atoms with van der Waals surface area (Å²) < 4.78 is 18.9. The highest BCUT2D eigenvalue weighted by atomic mass is 79.9. The molecule has 0 fully saturated rings. The van der Waals surface area contributed by atoms with Crippen molar-refractivity contribution in [3.63, 3.8) is 0 Å². The van der Waals surface area contributed by atoms with Gasteiger partial charge in [0.05, 0.1) is 13.0 Å². The maximum atomic E-state index is 12.8. The molecule has 3 rings (SSSR count). The first-order chi connectivity index (χ1) is 11.6. The smallest absolute Gasteiger partial charge is 0.246 e. The van der Waals surface area contributed by atoms with Crippen molar-refractivity contribution in [2.24, 2.45) is 0 Å². The van der Waals surface area contributed by atoms with Crippen molar-refractivity contribution in [1.29, 1.82) is 0 Å². The lowest BCUT2D eigenvalue weighted by Crippen LogP contribution is -2.24. The number of halogens is 2. The molecule has 0 saturated carbocycles. The number of aromatic nitrogens is 2. The number of nitrogens with zero attached hydrogens (tertiary/aromatic N) is 2. The molecule has 2 aromatic carbocycles. The van der Waals surface area contributed by atoms with Crippen LogP contribution in [-0.4, -0.2) is 16.0 Å². The Morgan fingerprint density at radius 1 is 1.21 bits per heavy atom. The molecule has 1 amide bonds. The summed E-state index contributed by atoms with van der Waals surface area (Å²) in [5.41, 5.74) is 1.55. The zero-order chi connectivity index (χ0) is 16.9. The predicted octanol–water partition coefficient (Wildman–Crippen LogP) is 3.50. The number of nitrogens with one attached hydrogen (secondary N) is 1. The van der Waals surface area contributed by atoms with Crippen molar-refractivity contribution >= 4 is 21.8 Å². The molecular formula is C17H13BrFN3O2. The first-order valence-electron chi connectivity index (χ1n) is 7.20. The first kappa shape index (κ1) is 16.3. The summed E-state index contributed by atoms with van der Waals surface area (Å²) in [5.74, 6) is 0.241. The molecular weight excluding hydrogens is 377 g/mol. The van der Waals surface area contributed by atoms with E-state index in [2.05, 4.69) is 31.4 Å². The van der Waals surface area contributed by atoms with Gasteiger partial charge in [0.25, 0.3) is 0 Å². The fourth-order valence-electron chi connectivity index (χ4n) is 2.10. The Labute approximate surface area is 146 Å². The standard InChI is InChI=1S/C17H13BrFN3O2/c18-13-3-1-2-12(9-13)17-21-16(24-22-17)10-20-15(23)8-11-4-6-14(19)7-5-11/h1-7,9H,8,10H2,(H,20,23). The van der Waals surface area contributed by atoms with Crippen molar-refractivity contribution in [3.8, 4) is 11.4 Å². The number of carbonyl (C=O) groups is 1. The summed E-state index contributed by atoms with van der Waals surface area (Å²) in [6.07, 6.45) is 0.160. The van der Waals surface area contributed by atoms with Gasteiger partial charge in [0, 0.05) is 10.0 Å². The van der Waals surface area contributed by atoms with Crippen LogP contribution in [0, 0.1) is 5.82 Å². The number of amides is 1. The lowest BCUT2D eigenvalue weighted by Gasteiger charge is -2.02. The van der Waals surface area contributed by atoms with Crippen molar-refractivity contribution in [2.45, 2.75) is 13.0 Å². The van der Waals surface area contributed by atoms with Crippen molar-refractivity contribution < 1.29 is 13.7 Å². The number of rotatable bonds is 5. The molecule has 122 valence electrons. The fourth-order valence-corrected chi connectivity index (χ4v) is 2.50. The molecule has 0 bridgehead atoms. The Kier molecular flexibility index (Phi) is 5.00. The minimum Gasteiger partial charge on any atom is -0.347 e. The van der Waals surface area contributed by atoms with Crippen LogP contribution in [0.5, 0.6) is 0 Å². The third-order valence-corrected chi connectivity index (χ3v) is 3.76. The normalized spacial score (nSPS) is 10.6. The Bertz CT molecular complexity index is 849. The van der Waals surface area contributed by atoms with E-state index in [9.17, 15) is 9.18 Å². The lowest BCUT2D eigenvalue weighted by atomic mass is 10.1. The molecule has 0 spiro atoms. The van der Waals surface area contributed by atoms with E-state index in [-0.39, 0.29) is 24.7 Å². The van der Waals surface area contributed by atoms with E-state index >= 15 is 0 Å². The summed E-state index contributed by atoms with van der Waals surface area (Å²) in [6, 6.07) is 13.3. The Hall–Kier alpha value is -2.54. The van der Waals surface area contributed by atoms with E-state index in [1.54, 1.807) is 12.1 Å². The summed E-state index contributed by atoms with van der Waals surface area (Å²) in [4.78, 5) is 16.1. The molecule has 0 radical (unpaired) electrons. The van der Waals surface area contributed by atoms with Crippen molar-refractivity contribution in [3.05, 3.63) is 70.3 Å². The van der Waals surface area contributed by atoms with Gasteiger partial charge >= 0.3 is 0 Å². The van der Waals surface area contributed by atoms with Crippen LogP contribution >= 0.6 is 15.9 Å². The van der Waals surface area contributed by atoms with Gasteiger partial charge in [0.1, 0.15) is 5.82 Å². The molecule has 0 aliphatic heterocycles. The number of carbonyl (C=O) groups excluding carboxylic acids is 1. The molecule has 1 heterocycles. The van der Waals surface area contributed by atoms with E-state index in [1.165, 1.54) is 12.1 Å². The Balaban J connectivity index is 1.57. The third-order valence-electron chi connectivity index (χ3n) is 3.27. The second-order valence-electron chi connectivity index (χ2n) is 5.10. The summed E-state index contributed by atoms with van der Waals surface area (Å²) in [7, 11) is 0. The maximum Gasteiger partial charge on any atom is 0.246 e. The predicted molar refractivity (Wildman–Crippen MR) is 89.4 cm³/mol. The molecule has 0 unspecified atom stereocenters. The van der Waals surface area contributed by atoms with Gasteiger partial charge in [-0.2, -0.15) is 4.98 Å². The van der Waals surface area contributed by atoms with E-state index < -0.39 is 0 Å². The monoisotopic (exact) mass is 389 g/mol. The average molecular weight is 390 g/mol. The van der Waals surface area contributed by atoms with Crippen LogP contribution in [0.3, 0.4) is 0 Å². The zero-order valence-electron chi connectivity index (χ0n) is 12.5. The minimum absolute atomic E-state index is 0.140. The average Bonchev–Trinajstić information content (AvgIpc) is 3.04. The van der Waals surface area contributed by atoms with Gasteiger partial charge in [-0.15, -0.1) is 0 Å². The van der Waals surface area contributed by atoms with Gasteiger partial charge in [-0.3, -0.25) is 4.79 Å².